The van der Waals surface area contributed by atoms with Gasteiger partial charge in [-0.1, -0.05) is 38.3 Å². The third kappa shape index (κ3) is 4.38. The van der Waals surface area contributed by atoms with Gasteiger partial charge in [-0.15, -0.1) is 0 Å². The molecule has 2 aromatic rings. The van der Waals surface area contributed by atoms with Gasteiger partial charge in [0.25, 0.3) is 5.91 Å². The number of fused-ring (bicyclic) bond motifs is 1. The average Bonchev–Trinajstić information content (AvgIpc) is 2.65. The van der Waals surface area contributed by atoms with E-state index in [9.17, 15) is 14.4 Å². The maximum atomic E-state index is 12.5. The van der Waals surface area contributed by atoms with Crippen LogP contribution < -0.4 is 10.7 Å². The normalized spacial score (nSPS) is 23.2. The Bertz CT molecular complexity index is 953. The van der Waals surface area contributed by atoms with Crippen LogP contribution in [0.5, 0.6) is 0 Å². The average molecular weight is 406 g/mol. The first kappa shape index (κ1) is 20.4. The summed E-state index contributed by atoms with van der Waals surface area (Å²) in [6, 6.07) is 5.67. The number of ether oxygens (including phenoxy) is 1. The summed E-state index contributed by atoms with van der Waals surface area (Å²) in [6.07, 6.45) is 2.14. The van der Waals surface area contributed by atoms with E-state index in [2.05, 4.69) is 19.2 Å². The lowest BCUT2D eigenvalue weighted by Gasteiger charge is -2.35. The largest absolute Gasteiger partial charge is 0.449 e. The van der Waals surface area contributed by atoms with Crippen LogP contribution in [-0.2, 0) is 9.53 Å². The van der Waals surface area contributed by atoms with E-state index >= 15 is 0 Å². The van der Waals surface area contributed by atoms with E-state index in [0.29, 0.717) is 16.9 Å². The summed E-state index contributed by atoms with van der Waals surface area (Å²) in [5, 5.41) is 3.65. The molecule has 1 N–H and O–H groups in total. The van der Waals surface area contributed by atoms with E-state index in [1.807, 2.05) is 0 Å². The van der Waals surface area contributed by atoms with Gasteiger partial charge in [0, 0.05) is 17.1 Å². The second-order valence-electron chi connectivity index (χ2n) is 7.55. The quantitative estimate of drug-likeness (QED) is 0.779. The smallest absolute Gasteiger partial charge is 0.375 e. The minimum Gasteiger partial charge on any atom is -0.449 e. The fourth-order valence-electron chi connectivity index (χ4n) is 3.59. The highest BCUT2D eigenvalue weighted by Crippen LogP contribution is 2.29. The molecule has 1 aliphatic rings. The van der Waals surface area contributed by atoms with Crippen molar-refractivity contribution in [2.45, 2.75) is 52.2 Å². The van der Waals surface area contributed by atoms with Gasteiger partial charge < -0.3 is 14.5 Å². The maximum absolute atomic E-state index is 12.5. The van der Waals surface area contributed by atoms with Crippen molar-refractivity contribution in [2.24, 2.45) is 11.8 Å². The zero-order valence-corrected chi connectivity index (χ0v) is 16.9. The summed E-state index contributed by atoms with van der Waals surface area (Å²) in [5.41, 5.74) is -0.177. The van der Waals surface area contributed by atoms with Gasteiger partial charge in [-0.25, -0.2) is 4.79 Å². The van der Waals surface area contributed by atoms with E-state index in [1.165, 1.54) is 19.1 Å². The molecule has 0 spiro atoms. The SMILES string of the molecule is CC(OC(=O)c1cc(=O)c2cc(Cl)ccc2o1)C(=O)NC1CCCC(C)C1C. The van der Waals surface area contributed by atoms with Gasteiger partial charge in [0.05, 0.1) is 5.39 Å². The van der Waals surface area contributed by atoms with Crippen molar-refractivity contribution >= 4 is 34.4 Å². The predicted octanol–water partition coefficient (Wildman–Crippen LogP) is 3.93. The lowest BCUT2D eigenvalue weighted by atomic mass is 9.78. The fourth-order valence-corrected chi connectivity index (χ4v) is 3.76. The third-order valence-corrected chi connectivity index (χ3v) is 5.81. The molecule has 0 saturated heterocycles. The van der Waals surface area contributed by atoms with E-state index in [4.69, 9.17) is 20.8 Å². The number of halogens is 1. The molecule has 1 saturated carbocycles. The number of amides is 1. The van der Waals surface area contributed by atoms with Crippen LogP contribution in [0, 0.1) is 11.8 Å². The van der Waals surface area contributed by atoms with Crippen LogP contribution in [0.1, 0.15) is 50.6 Å². The van der Waals surface area contributed by atoms with Gasteiger partial charge >= 0.3 is 5.97 Å². The molecule has 1 amide bonds. The van der Waals surface area contributed by atoms with Crippen molar-refractivity contribution in [3.63, 3.8) is 0 Å². The lowest BCUT2D eigenvalue weighted by Crippen LogP contribution is -2.47. The summed E-state index contributed by atoms with van der Waals surface area (Å²) in [6.45, 7) is 5.81. The van der Waals surface area contributed by atoms with E-state index < -0.39 is 17.5 Å². The molecule has 150 valence electrons. The molecule has 28 heavy (non-hydrogen) atoms. The van der Waals surface area contributed by atoms with Crippen molar-refractivity contribution in [1.29, 1.82) is 0 Å². The maximum Gasteiger partial charge on any atom is 0.375 e. The van der Waals surface area contributed by atoms with Gasteiger partial charge in [-0.3, -0.25) is 9.59 Å². The van der Waals surface area contributed by atoms with Crippen molar-refractivity contribution in [2.75, 3.05) is 0 Å². The number of hydrogen-bond donors (Lipinski definition) is 1. The Hall–Kier alpha value is -2.34. The minimum absolute atomic E-state index is 0.0701. The number of hydrogen-bond acceptors (Lipinski definition) is 5. The lowest BCUT2D eigenvalue weighted by molar-refractivity contribution is -0.130. The molecule has 6 nitrogen and oxygen atoms in total. The van der Waals surface area contributed by atoms with Crippen molar-refractivity contribution < 1.29 is 18.7 Å². The monoisotopic (exact) mass is 405 g/mol. The van der Waals surface area contributed by atoms with Gasteiger partial charge in [0.1, 0.15) is 5.58 Å². The number of carbonyl (C=O) groups excluding carboxylic acids is 2. The third-order valence-electron chi connectivity index (χ3n) is 5.58. The Morgan fingerprint density at radius 1 is 1.25 bits per heavy atom. The number of carbonyl (C=O) groups is 2. The number of benzene rings is 1. The Balaban J connectivity index is 1.68. The van der Waals surface area contributed by atoms with Crippen LogP contribution in [0.3, 0.4) is 0 Å². The molecule has 3 rings (SSSR count). The van der Waals surface area contributed by atoms with Crippen molar-refractivity contribution in [3.8, 4) is 0 Å². The molecule has 4 atom stereocenters. The Labute approximate surface area is 168 Å². The first-order valence-electron chi connectivity index (χ1n) is 9.51. The highest BCUT2D eigenvalue weighted by molar-refractivity contribution is 6.31. The van der Waals surface area contributed by atoms with E-state index in [-0.39, 0.29) is 28.7 Å². The summed E-state index contributed by atoms with van der Waals surface area (Å²) in [4.78, 5) is 37.0. The molecule has 7 heteroatoms. The molecule has 1 aromatic heterocycles. The van der Waals surface area contributed by atoms with Crippen LogP contribution >= 0.6 is 11.6 Å². The van der Waals surface area contributed by atoms with Gasteiger partial charge in [0.15, 0.2) is 11.5 Å². The number of rotatable bonds is 4. The molecule has 0 aliphatic heterocycles. The minimum atomic E-state index is -0.997. The van der Waals surface area contributed by atoms with Crippen molar-refractivity contribution in [3.05, 3.63) is 45.3 Å². The van der Waals surface area contributed by atoms with Gasteiger partial charge in [-0.05, 0) is 43.4 Å². The second kappa shape index (κ2) is 8.35. The molecule has 1 aromatic carbocycles. The van der Waals surface area contributed by atoms with Gasteiger partial charge in [0.2, 0.25) is 5.76 Å². The van der Waals surface area contributed by atoms with Crippen LogP contribution in [0.25, 0.3) is 11.0 Å². The Morgan fingerprint density at radius 3 is 2.75 bits per heavy atom. The van der Waals surface area contributed by atoms with Crippen LogP contribution in [-0.4, -0.2) is 24.0 Å². The standard InChI is InChI=1S/C21H24ClNO5/c1-11-5-4-6-16(12(11)2)23-20(25)13(3)27-21(26)19-10-17(24)15-9-14(22)7-8-18(15)28-19/h7-13,16H,4-6H2,1-3H3,(H,23,25). The van der Waals surface area contributed by atoms with Crippen LogP contribution in [0.4, 0.5) is 0 Å². The summed E-state index contributed by atoms with van der Waals surface area (Å²) < 4.78 is 10.7. The second-order valence-corrected chi connectivity index (χ2v) is 7.98. The molecule has 1 heterocycles. The Kier molecular flexibility index (Phi) is 6.08. The molecule has 1 fully saturated rings. The first-order chi connectivity index (χ1) is 13.3. The molecular weight excluding hydrogens is 382 g/mol. The molecular formula is C21H24ClNO5. The summed E-state index contributed by atoms with van der Waals surface area (Å²) >= 11 is 5.88. The van der Waals surface area contributed by atoms with Crippen LogP contribution in [0.2, 0.25) is 5.02 Å². The van der Waals surface area contributed by atoms with Gasteiger partial charge in [-0.2, -0.15) is 0 Å². The van der Waals surface area contributed by atoms with E-state index in [0.717, 1.165) is 25.3 Å². The number of esters is 1. The first-order valence-corrected chi connectivity index (χ1v) is 9.89. The molecule has 1 aliphatic carbocycles. The Morgan fingerprint density at radius 2 is 2.00 bits per heavy atom. The van der Waals surface area contributed by atoms with Crippen LogP contribution in [0.15, 0.2) is 33.5 Å². The fraction of sp³-hybridized carbons (Fsp3) is 0.476. The molecule has 0 bridgehead atoms. The highest BCUT2D eigenvalue weighted by Gasteiger charge is 2.30. The molecule has 0 radical (unpaired) electrons. The summed E-state index contributed by atoms with van der Waals surface area (Å²) in [7, 11) is 0. The zero-order valence-electron chi connectivity index (χ0n) is 16.2. The van der Waals surface area contributed by atoms with Crippen molar-refractivity contribution in [1.82, 2.24) is 5.32 Å². The predicted molar refractivity (Wildman–Crippen MR) is 106 cm³/mol. The summed E-state index contributed by atoms with van der Waals surface area (Å²) in [5.74, 6) is -0.557. The topological polar surface area (TPSA) is 85.6 Å². The zero-order chi connectivity index (χ0) is 20.4. The highest BCUT2D eigenvalue weighted by atomic mass is 35.5. The van der Waals surface area contributed by atoms with E-state index in [1.54, 1.807) is 6.07 Å². The molecule has 4 unspecified atom stereocenters. The number of nitrogens with one attached hydrogen (secondary N) is 1.